The van der Waals surface area contributed by atoms with E-state index in [1.165, 1.54) is 19.2 Å². The number of benzene rings is 1. The zero-order valence-corrected chi connectivity index (χ0v) is 21.8. The number of ketones is 2. The van der Waals surface area contributed by atoms with E-state index in [0.29, 0.717) is 49.5 Å². The number of aryl methyl sites for hydroxylation is 1. The molecule has 4 aromatic rings. The van der Waals surface area contributed by atoms with E-state index < -0.39 is 11.7 Å². The minimum Gasteiger partial charge on any atom is -0.506 e. The lowest BCUT2D eigenvalue weighted by Crippen LogP contribution is -2.04. The van der Waals surface area contributed by atoms with Gasteiger partial charge >= 0.3 is 6.18 Å². The van der Waals surface area contributed by atoms with E-state index in [0.717, 1.165) is 34.8 Å². The molecule has 12 heteroatoms. The van der Waals surface area contributed by atoms with Crippen LogP contribution >= 0.6 is 22.7 Å². The molecule has 38 heavy (non-hydrogen) atoms. The van der Waals surface area contributed by atoms with Crippen molar-refractivity contribution < 1.29 is 37.1 Å². The summed E-state index contributed by atoms with van der Waals surface area (Å²) in [5.41, 5.74) is 0.459. The summed E-state index contributed by atoms with van der Waals surface area (Å²) in [4.78, 5) is 30.7. The number of nitrogens with zero attached hydrogens (tertiary/aromatic N) is 2. The third-order valence-electron chi connectivity index (χ3n) is 5.59. The number of alkyl halides is 3. The van der Waals surface area contributed by atoms with Gasteiger partial charge in [0.2, 0.25) is 0 Å². The Morgan fingerprint density at radius 1 is 1.11 bits per heavy atom. The van der Waals surface area contributed by atoms with E-state index in [1.54, 1.807) is 30.5 Å². The van der Waals surface area contributed by atoms with Gasteiger partial charge in [0, 0.05) is 35.6 Å². The van der Waals surface area contributed by atoms with Crippen LogP contribution in [-0.4, -0.2) is 41.2 Å². The maximum atomic E-state index is 12.8. The summed E-state index contributed by atoms with van der Waals surface area (Å²) >= 11 is 2.25. The number of Topliss-reactive ketones (excluding diaryl/α,β-unsaturated/α-hetero) is 2. The van der Waals surface area contributed by atoms with Gasteiger partial charge in [-0.2, -0.15) is 13.2 Å². The Balaban J connectivity index is 1.38. The standard InChI is InChI=1S/C26H21F3N2O5S2/c1-14(18-13-37-25(24(18)34)15-3-5-16(6-4-15)26(27,28)29)30-12-20(33)22-10-9-21(38-22)19(32)8-7-17-11-23(35-2)31-36-17/h3-6,9-11,13,34H,7-8,12H2,1-2H3. The number of halogens is 3. The van der Waals surface area contributed by atoms with Crippen molar-refractivity contribution in [2.24, 2.45) is 4.99 Å². The predicted octanol–water partition coefficient (Wildman–Crippen LogP) is 6.71. The van der Waals surface area contributed by atoms with E-state index in [9.17, 15) is 27.9 Å². The Morgan fingerprint density at radius 2 is 1.79 bits per heavy atom. The Labute approximate surface area is 223 Å². The minimum atomic E-state index is -4.44. The molecule has 0 radical (unpaired) electrons. The molecule has 3 aromatic heterocycles. The van der Waals surface area contributed by atoms with Gasteiger partial charge in [-0.05, 0) is 41.9 Å². The van der Waals surface area contributed by atoms with E-state index in [4.69, 9.17) is 9.26 Å². The maximum absolute atomic E-state index is 12.8. The van der Waals surface area contributed by atoms with Gasteiger partial charge in [0.25, 0.3) is 5.88 Å². The smallest absolute Gasteiger partial charge is 0.416 e. The van der Waals surface area contributed by atoms with Crippen molar-refractivity contribution in [3.63, 3.8) is 0 Å². The molecule has 4 rings (SSSR count). The molecule has 0 amide bonds. The van der Waals surface area contributed by atoms with Gasteiger partial charge in [0.05, 0.1) is 27.3 Å². The van der Waals surface area contributed by atoms with Crippen LogP contribution in [0.3, 0.4) is 0 Å². The number of rotatable bonds is 10. The molecule has 198 valence electrons. The normalized spacial score (nSPS) is 12.1. The molecule has 1 N–H and O–H groups in total. The van der Waals surface area contributed by atoms with Crippen LogP contribution in [0.1, 0.15) is 49.6 Å². The summed E-state index contributed by atoms with van der Waals surface area (Å²) in [6, 6.07) is 9.29. The Hall–Kier alpha value is -3.77. The van der Waals surface area contributed by atoms with Crippen LogP contribution in [0, 0.1) is 0 Å². The Morgan fingerprint density at radius 3 is 2.42 bits per heavy atom. The van der Waals surface area contributed by atoms with Crippen molar-refractivity contribution in [2.75, 3.05) is 13.7 Å². The fourth-order valence-electron chi connectivity index (χ4n) is 3.48. The quantitative estimate of drug-likeness (QED) is 0.170. The molecule has 0 atom stereocenters. The molecule has 0 fully saturated rings. The van der Waals surface area contributed by atoms with Crippen LogP contribution in [0.2, 0.25) is 0 Å². The van der Waals surface area contributed by atoms with Crippen LogP contribution < -0.4 is 4.74 Å². The lowest BCUT2D eigenvalue weighted by Gasteiger charge is -2.07. The van der Waals surface area contributed by atoms with E-state index in [1.807, 2.05) is 0 Å². The first-order chi connectivity index (χ1) is 18.1. The highest BCUT2D eigenvalue weighted by atomic mass is 32.1. The van der Waals surface area contributed by atoms with Gasteiger partial charge in [0.15, 0.2) is 11.6 Å². The van der Waals surface area contributed by atoms with Crippen molar-refractivity contribution in [1.82, 2.24) is 5.16 Å². The number of thiophene rings is 2. The van der Waals surface area contributed by atoms with Crippen LogP contribution in [-0.2, 0) is 12.6 Å². The summed E-state index contributed by atoms with van der Waals surface area (Å²) in [5, 5.41) is 16.0. The number of hydrogen-bond acceptors (Lipinski definition) is 9. The number of carbonyl (C=O) groups is 2. The molecule has 3 heterocycles. The molecule has 0 aliphatic heterocycles. The van der Waals surface area contributed by atoms with Crippen LogP contribution in [0.5, 0.6) is 11.6 Å². The van der Waals surface area contributed by atoms with Gasteiger partial charge in [-0.3, -0.25) is 14.6 Å². The average Bonchev–Trinajstić information content (AvgIpc) is 3.65. The number of ether oxygens (including phenoxy) is 1. The van der Waals surface area contributed by atoms with E-state index in [2.05, 4.69) is 10.1 Å². The highest BCUT2D eigenvalue weighted by Crippen LogP contribution is 2.40. The predicted molar refractivity (Wildman–Crippen MR) is 138 cm³/mol. The van der Waals surface area contributed by atoms with Crippen molar-refractivity contribution in [3.05, 3.63) is 74.5 Å². The molecular formula is C26H21F3N2O5S2. The van der Waals surface area contributed by atoms with Crippen LogP contribution in [0.25, 0.3) is 10.4 Å². The lowest BCUT2D eigenvalue weighted by atomic mass is 10.1. The van der Waals surface area contributed by atoms with E-state index in [-0.39, 0.29) is 30.3 Å². The van der Waals surface area contributed by atoms with Gasteiger partial charge in [-0.1, -0.05) is 12.1 Å². The number of carbonyl (C=O) groups excluding carboxylic acids is 2. The number of aromatic hydroxyl groups is 1. The number of aromatic nitrogens is 1. The molecular weight excluding hydrogens is 541 g/mol. The van der Waals surface area contributed by atoms with Crippen LogP contribution in [0.15, 0.2) is 57.4 Å². The topological polar surface area (TPSA) is 102 Å². The molecule has 7 nitrogen and oxygen atoms in total. The van der Waals surface area contributed by atoms with Gasteiger partial charge in [0.1, 0.15) is 18.1 Å². The maximum Gasteiger partial charge on any atom is 0.416 e. The van der Waals surface area contributed by atoms with Gasteiger partial charge < -0.3 is 14.4 Å². The Kier molecular flexibility index (Phi) is 8.12. The molecule has 0 unspecified atom stereocenters. The van der Waals surface area contributed by atoms with Crippen molar-refractivity contribution in [1.29, 1.82) is 0 Å². The second-order valence-electron chi connectivity index (χ2n) is 8.15. The van der Waals surface area contributed by atoms with Crippen LogP contribution in [0.4, 0.5) is 13.2 Å². The highest BCUT2D eigenvalue weighted by molar-refractivity contribution is 7.16. The molecule has 0 spiro atoms. The first-order valence-corrected chi connectivity index (χ1v) is 12.9. The van der Waals surface area contributed by atoms with Crippen molar-refractivity contribution in [3.8, 4) is 22.1 Å². The lowest BCUT2D eigenvalue weighted by molar-refractivity contribution is -0.137. The van der Waals surface area contributed by atoms with Crippen molar-refractivity contribution in [2.45, 2.75) is 25.9 Å². The largest absolute Gasteiger partial charge is 0.506 e. The van der Waals surface area contributed by atoms with Gasteiger partial charge in [-0.15, -0.1) is 22.7 Å². The average molecular weight is 563 g/mol. The molecule has 1 aromatic carbocycles. The number of aliphatic imine (C=N–C) groups is 1. The second kappa shape index (κ2) is 11.3. The SMILES string of the molecule is COc1cc(CCC(=O)c2ccc(C(=O)CN=C(C)c3csc(-c4ccc(C(F)(F)F)cc4)c3O)s2)on1. The summed E-state index contributed by atoms with van der Waals surface area (Å²) in [5.74, 6) is 0.316. The third kappa shape index (κ3) is 6.20. The summed E-state index contributed by atoms with van der Waals surface area (Å²) in [6.07, 6.45) is -3.92. The molecule has 0 saturated heterocycles. The summed E-state index contributed by atoms with van der Waals surface area (Å²) < 4.78 is 48.5. The first-order valence-electron chi connectivity index (χ1n) is 11.2. The zero-order chi connectivity index (χ0) is 27.4. The summed E-state index contributed by atoms with van der Waals surface area (Å²) in [6.45, 7) is 1.44. The second-order valence-corrected chi connectivity index (χ2v) is 10.1. The Bertz CT molecular complexity index is 1480. The monoisotopic (exact) mass is 562 g/mol. The fourth-order valence-corrected chi connectivity index (χ4v) is 5.40. The minimum absolute atomic E-state index is 0.114. The zero-order valence-electron chi connectivity index (χ0n) is 20.2. The number of hydrogen-bond donors (Lipinski definition) is 1. The van der Waals surface area contributed by atoms with Gasteiger partial charge in [-0.25, -0.2) is 0 Å². The molecule has 0 aliphatic carbocycles. The third-order valence-corrected chi connectivity index (χ3v) is 7.78. The molecule has 0 saturated carbocycles. The van der Waals surface area contributed by atoms with Crippen molar-refractivity contribution >= 4 is 40.0 Å². The fraction of sp³-hybridized carbons (Fsp3) is 0.231. The summed E-state index contributed by atoms with van der Waals surface area (Å²) in [7, 11) is 1.46. The molecule has 0 bridgehead atoms. The highest BCUT2D eigenvalue weighted by Gasteiger charge is 2.30. The van der Waals surface area contributed by atoms with E-state index >= 15 is 0 Å². The number of methoxy groups -OCH3 is 1. The molecule has 0 aliphatic rings. The first kappa shape index (κ1) is 27.3.